The van der Waals surface area contributed by atoms with Gasteiger partial charge in [-0.05, 0) is 68.9 Å². The monoisotopic (exact) mass is 557 g/mol. The Hall–Kier alpha value is -3.57. The second kappa shape index (κ2) is 12.1. The molecule has 0 spiro atoms. The maximum absolute atomic E-state index is 12.7. The van der Waals surface area contributed by atoms with Crippen molar-refractivity contribution >= 4 is 21.6 Å². The van der Waals surface area contributed by atoms with Crippen LogP contribution in [0, 0.1) is 13.8 Å². The number of amides is 1. The van der Waals surface area contributed by atoms with Crippen molar-refractivity contribution in [2.45, 2.75) is 50.3 Å². The number of phenolic OH excluding ortho intramolecular Hbond substituents is 1. The molecule has 1 aliphatic heterocycles. The van der Waals surface area contributed by atoms with E-state index < -0.39 is 10.0 Å². The van der Waals surface area contributed by atoms with Crippen LogP contribution in [0.2, 0.25) is 0 Å². The lowest BCUT2D eigenvalue weighted by Gasteiger charge is -2.20. The molecule has 0 unspecified atom stereocenters. The van der Waals surface area contributed by atoms with Gasteiger partial charge in [0.2, 0.25) is 15.9 Å². The minimum absolute atomic E-state index is 0.0808. The zero-order valence-electron chi connectivity index (χ0n) is 22.7. The molecule has 3 aromatic rings. The van der Waals surface area contributed by atoms with Gasteiger partial charge in [0, 0.05) is 38.3 Å². The quantitative estimate of drug-likeness (QED) is 0.411. The van der Waals surface area contributed by atoms with E-state index in [0.29, 0.717) is 35.9 Å². The molecule has 1 amide bonds. The zero-order valence-corrected chi connectivity index (χ0v) is 23.5. The topological polar surface area (TPSA) is 122 Å². The standard InChI is InChI=1S/C19H25N3O6S.C9H10O/c1-13-19(14(2)28-20-13)29(24,25)21(3)10-11-27-16-8-7-15(12-17(16)26-4)22-9-5-6-18(22)23;10-9-5-3-8(4-6-9)7-1-2-7/h7-8,12H,5-6,9-11H2,1-4H3;3-7,10H,1-2H2. The number of carbonyl (C=O) groups is 1. The van der Waals surface area contributed by atoms with Crippen LogP contribution in [0.4, 0.5) is 5.69 Å². The molecule has 1 saturated heterocycles. The van der Waals surface area contributed by atoms with Crippen molar-refractivity contribution in [2.75, 3.05) is 38.8 Å². The van der Waals surface area contributed by atoms with E-state index in [1.54, 1.807) is 49.1 Å². The number of ether oxygens (including phenoxy) is 2. The number of sulfonamides is 1. The van der Waals surface area contributed by atoms with Crippen LogP contribution < -0.4 is 14.4 Å². The summed E-state index contributed by atoms with van der Waals surface area (Å²) in [4.78, 5) is 13.7. The molecule has 0 atom stereocenters. The summed E-state index contributed by atoms with van der Waals surface area (Å²) in [7, 11) is -0.734. The molecule has 2 aliphatic rings. The summed E-state index contributed by atoms with van der Waals surface area (Å²) in [5, 5.41) is 12.7. The Morgan fingerprint density at radius 3 is 2.41 bits per heavy atom. The second-order valence-electron chi connectivity index (χ2n) is 9.68. The van der Waals surface area contributed by atoms with Crippen molar-refractivity contribution in [3.05, 3.63) is 59.5 Å². The predicted molar refractivity (Wildman–Crippen MR) is 146 cm³/mol. The number of hydrogen-bond donors (Lipinski definition) is 1. The fraction of sp³-hybridized carbons (Fsp3) is 0.429. The van der Waals surface area contributed by atoms with Gasteiger partial charge in [0.05, 0.1) is 7.11 Å². The highest BCUT2D eigenvalue weighted by Gasteiger charge is 2.29. The molecule has 11 heteroatoms. The predicted octanol–water partition coefficient (Wildman–Crippen LogP) is 4.40. The van der Waals surface area contributed by atoms with E-state index in [1.807, 2.05) is 12.1 Å². The smallest absolute Gasteiger partial charge is 0.248 e. The first-order chi connectivity index (χ1) is 18.6. The third-order valence-electron chi connectivity index (χ3n) is 6.77. The van der Waals surface area contributed by atoms with Gasteiger partial charge in [0.1, 0.15) is 22.9 Å². The molecule has 1 aliphatic carbocycles. The summed E-state index contributed by atoms with van der Waals surface area (Å²) in [5.41, 5.74) is 2.46. The van der Waals surface area contributed by atoms with E-state index in [-0.39, 0.29) is 29.7 Å². The first-order valence-electron chi connectivity index (χ1n) is 12.9. The minimum atomic E-state index is -3.73. The number of nitrogens with zero attached hydrogens (tertiary/aromatic N) is 3. The summed E-state index contributed by atoms with van der Waals surface area (Å²) in [6.45, 7) is 4.09. The third kappa shape index (κ3) is 6.72. The molecule has 1 aromatic heterocycles. The van der Waals surface area contributed by atoms with Crippen molar-refractivity contribution in [3.63, 3.8) is 0 Å². The Balaban J connectivity index is 0.000000292. The van der Waals surface area contributed by atoms with E-state index >= 15 is 0 Å². The summed E-state index contributed by atoms with van der Waals surface area (Å²) < 4.78 is 42.7. The number of hydrogen-bond acceptors (Lipinski definition) is 8. The molecule has 2 aromatic carbocycles. The molecule has 0 radical (unpaired) electrons. The molecule has 1 N–H and O–H groups in total. The van der Waals surface area contributed by atoms with Gasteiger partial charge >= 0.3 is 0 Å². The largest absolute Gasteiger partial charge is 0.508 e. The van der Waals surface area contributed by atoms with Gasteiger partial charge in [0.15, 0.2) is 17.3 Å². The average Bonchev–Trinajstić information content (AvgIpc) is 3.58. The Morgan fingerprint density at radius 1 is 1.13 bits per heavy atom. The van der Waals surface area contributed by atoms with Gasteiger partial charge in [-0.15, -0.1) is 0 Å². The maximum Gasteiger partial charge on any atom is 0.248 e. The van der Waals surface area contributed by atoms with Gasteiger partial charge in [-0.2, -0.15) is 4.31 Å². The number of methoxy groups -OCH3 is 1. The number of benzene rings is 2. The van der Waals surface area contributed by atoms with E-state index in [9.17, 15) is 13.2 Å². The van der Waals surface area contributed by atoms with Crippen LogP contribution in [0.1, 0.15) is 48.6 Å². The van der Waals surface area contributed by atoms with Gasteiger partial charge in [-0.25, -0.2) is 8.42 Å². The highest BCUT2D eigenvalue weighted by molar-refractivity contribution is 7.89. The number of aryl methyl sites for hydroxylation is 2. The molecule has 0 bridgehead atoms. The van der Waals surface area contributed by atoms with Crippen LogP contribution in [0.5, 0.6) is 17.2 Å². The normalized spacial score (nSPS) is 15.3. The van der Waals surface area contributed by atoms with Crippen molar-refractivity contribution in [3.8, 4) is 17.2 Å². The van der Waals surface area contributed by atoms with E-state index in [0.717, 1.165) is 18.0 Å². The van der Waals surface area contributed by atoms with Gasteiger partial charge in [-0.3, -0.25) is 4.79 Å². The molecule has 39 heavy (non-hydrogen) atoms. The summed E-state index contributed by atoms with van der Waals surface area (Å²) in [6, 6.07) is 12.8. The first-order valence-corrected chi connectivity index (χ1v) is 14.3. The minimum Gasteiger partial charge on any atom is -0.508 e. The molecule has 2 fully saturated rings. The Morgan fingerprint density at radius 2 is 1.85 bits per heavy atom. The SMILES string of the molecule is COc1cc(N2CCCC2=O)ccc1OCCN(C)S(=O)(=O)c1c(C)noc1C.Oc1ccc(C2CC2)cc1. The van der Waals surface area contributed by atoms with Gasteiger partial charge in [-0.1, -0.05) is 17.3 Å². The molecular formula is C28H35N3O7S. The Labute approximate surface area is 229 Å². The van der Waals surface area contributed by atoms with Gasteiger partial charge in [0.25, 0.3) is 0 Å². The Kier molecular flexibility index (Phi) is 8.81. The number of aromatic hydroxyl groups is 1. The highest BCUT2D eigenvalue weighted by atomic mass is 32.2. The van der Waals surface area contributed by atoms with E-state index in [4.69, 9.17) is 19.1 Å². The van der Waals surface area contributed by atoms with Crippen LogP contribution in [0.15, 0.2) is 51.9 Å². The molecule has 2 heterocycles. The zero-order chi connectivity index (χ0) is 28.2. The number of anilines is 1. The van der Waals surface area contributed by atoms with Crippen LogP contribution in [-0.4, -0.2) is 62.7 Å². The average molecular weight is 558 g/mol. The number of likely N-dealkylation sites (N-methyl/N-ethyl adjacent to an activating group) is 1. The lowest BCUT2D eigenvalue weighted by Crippen LogP contribution is -2.31. The van der Waals surface area contributed by atoms with Crippen molar-refractivity contribution in [2.24, 2.45) is 0 Å². The van der Waals surface area contributed by atoms with E-state index in [1.165, 1.54) is 36.9 Å². The van der Waals surface area contributed by atoms with Crippen molar-refractivity contribution < 1.29 is 32.3 Å². The third-order valence-corrected chi connectivity index (χ3v) is 8.88. The van der Waals surface area contributed by atoms with Crippen LogP contribution in [0.25, 0.3) is 0 Å². The van der Waals surface area contributed by atoms with Crippen LogP contribution in [-0.2, 0) is 14.8 Å². The molecule has 210 valence electrons. The number of phenols is 1. The second-order valence-corrected chi connectivity index (χ2v) is 11.7. The first kappa shape index (κ1) is 28.4. The van der Waals surface area contributed by atoms with E-state index in [2.05, 4.69) is 5.16 Å². The van der Waals surface area contributed by atoms with Crippen LogP contribution in [0.3, 0.4) is 0 Å². The fourth-order valence-electron chi connectivity index (χ4n) is 4.43. The molecule has 5 rings (SSSR count). The lowest BCUT2D eigenvalue weighted by atomic mass is 10.1. The molecule has 1 saturated carbocycles. The van der Waals surface area contributed by atoms with Gasteiger partial charge < -0.3 is 24.0 Å². The number of aromatic nitrogens is 1. The lowest BCUT2D eigenvalue weighted by molar-refractivity contribution is -0.117. The summed E-state index contributed by atoms with van der Waals surface area (Å²) >= 11 is 0. The summed E-state index contributed by atoms with van der Waals surface area (Å²) in [5.74, 6) is 2.46. The molecule has 10 nitrogen and oxygen atoms in total. The molecular weight excluding hydrogens is 522 g/mol. The maximum atomic E-state index is 12.7. The summed E-state index contributed by atoms with van der Waals surface area (Å²) in [6.07, 6.45) is 4.04. The number of carbonyl (C=O) groups excluding carboxylic acids is 1. The van der Waals surface area contributed by atoms with Crippen molar-refractivity contribution in [1.82, 2.24) is 9.46 Å². The highest BCUT2D eigenvalue weighted by Crippen LogP contribution is 2.40. The number of rotatable bonds is 9. The van der Waals surface area contributed by atoms with Crippen LogP contribution >= 0.6 is 0 Å². The Bertz CT molecular complexity index is 1380. The van der Waals surface area contributed by atoms with Crippen molar-refractivity contribution in [1.29, 1.82) is 0 Å². The fourth-order valence-corrected chi connectivity index (χ4v) is 5.87.